The Bertz CT molecular complexity index is 349. The third-order valence-electron chi connectivity index (χ3n) is 2.33. The number of nitrogens with two attached hydrogens (primary N) is 1. The predicted octanol–water partition coefficient (Wildman–Crippen LogP) is 2.14. The van der Waals surface area contributed by atoms with Gasteiger partial charge in [-0.25, -0.2) is 0 Å². The van der Waals surface area contributed by atoms with E-state index in [0.29, 0.717) is 11.3 Å². The van der Waals surface area contributed by atoms with Crippen LogP contribution in [0.5, 0.6) is 0 Å². The minimum atomic E-state index is -4.37. The van der Waals surface area contributed by atoms with Gasteiger partial charge in [0.25, 0.3) is 0 Å². The maximum Gasteiger partial charge on any atom is 0.403 e. The van der Waals surface area contributed by atoms with E-state index in [0.717, 1.165) is 0 Å². The Morgan fingerprint density at radius 1 is 1.38 bits per heavy atom. The highest BCUT2D eigenvalue weighted by atomic mass is 19.4. The molecule has 1 unspecified atom stereocenters. The molecule has 0 aliphatic carbocycles. The van der Waals surface area contributed by atoms with E-state index in [4.69, 9.17) is 5.73 Å². The number of aromatic amines is 1. The van der Waals surface area contributed by atoms with Crippen molar-refractivity contribution in [1.82, 2.24) is 10.2 Å². The van der Waals surface area contributed by atoms with Gasteiger partial charge in [0.15, 0.2) is 0 Å². The van der Waals surface area contributed by atoms with Crippen molar-refractivity contribution in [2.24, 2.45) is 5.73 Å². The molecule has 0 aromatic carbocycles. The molecule has 0 spiro atoms. The number of hydrogen-bond donors (Lipinski definition) is 2. The van der Waals surface area contributed by atoms with Crippen LogP contribution in [-0.4, -0.2) is 22.4 Å². The van der Waals surface area contributed by atoms with Crippen molar-refractivity contribution < 1.29 is 13.2 Å². The standard InChI is InChI=1S/C10H16F3N3/c1-9(2,3)8-6(5-15-16-8)4-7(14)10(11,12)13/h5,7H,4,14H2,1-3H3,(H,15,16). The topological polar surface area (TPSA) is 54.7 Å². The number of hydrogen-bond acceptors (Lipinski definition) is 2. The molecule has 0 fully saturated rings. The Morgan fingerprint density at radius 2 is 1.94 bits per heavy atom. The monoisotopic (exact) mass is 235 g/mol. The van der Waals surface area contributed by atoms with Crippen molar-refractivity contribution in [3.63, 3.8) is 0 Å². The third kappa shape index (κ3) is 2.98. The molecule has 0 amide bonds. The zero-order valence-corrected chi connectivity index (χ0v) is 9.52. The predicted molar refractivity (Wildman–Crippen MR) is 55.0 cm³/mol. The summed E-state index contributed by atoms with van der Waals surface area (Å²) in [5, 5.41) is 6.51. The molecule has 92 valence electrons. The minimum absolute atomic E-state index is 0.243. The third-order valence-corrected chi connectivity index (χ3v) is 2.33. The summed E-state index contributed by atoms with van der Waals surface area (Å²) >= 11 is 0. The first-order chi connectivity index (χ1) is 7.12. The van der Waals surface area contributed by atoms with Crippen LogP contribution in [0.4, 0.5) is 13.2 Å². The Morgan fingerprint density at radius 3 is 2.38 bits per heavy atom. The molecule has 1 rings (SSSR count). The van der Waals surface area contributed by atoms with Crippen LogP contribution in [0, 0.1) is 0 Å². The van der Waals surface area contributed by atoms with Crippen LogP contribution in [0.15, 0.2) is 6.20 Å². The summed E-state index contributed by atoms with van der Waals surface area (Å²) in [4.78, 5) is 0. The van der Waals surface area contributed by atoms with E-state index in [9.17, 15) is 13.2 Å². The maximum atomic E-state index is 12.3. The van der Waals surface area contributed by atoms with Crippen molar-refractivity contribution in [1.29, 1.82) is 0 Å². The molecule has 0 saturated carbocycles. The normalized spacial score (nSPS) is 15.2. The molecule has 3 nitrogen and oxygen atoms in total. The quantitative estimate of drug-likeness (QED) is 0.825. The highest BCUT2D eigenvalue weighted by molar-refractivity contribution is 5.24. The van der Waals surface area contributed by atoms with Gasteiger partial charge in [-0.15, -0.1) is 0 Å². The second-order valence-electron chi connectivity index (χ2n) is 4.87. The van der Waals surface area contributed by atoms with Gasteiger partial charge in [0.1, 0.15) is 6.04 Å². The minimum Gasteiger partial charge on any atom is -0.320 e. The molecule has 0 aliphatic rings. The van der Waals surface area contributed by atoms with Gasteiger partial charge in [-0.3, -0.25) is 5.10 Å². The summed E-state index contributed by atoms with van der Waals surface area (Å²) in [6.45, 7) is 5.72. The van der Waals surface area contributed by atoms with Gasteiger partial charge in [0, 0.05) is 11.1 Å². The number of aromatic nitrogens is 2. The van der Waals surface area contributed by atoms with Crippen molar-refractivity contribution in [2.75, 3.05) is 0 Å². The van der Waals surface area contributed by atoms with E-state index in [-0.39, 0.29) is 11.8 Å². The van der Waals surface area contributed by atoms with Crippen molar-refractivity contribution >= 4 is 0 Å². The zero-order valence-electron chi connectivity index (χ0n) is 9.52. The van der Waals surface area contributed by atoms with E-state index in [1.54, 1.807) is 0 Å². The molecule has 0 aliphatic heterocycles. The van der Waals surface area contributed by atoms with Crippen LogP contribution in [0.2, 0.25) is 0 Å². The summed E-state index contributed by atoms with van der Waals surface area (Å²) in [5.41, 5.74) is 6.05. The second kappa shape index (κ2) is 4.08. The Hall–Kier alpha value is -1.04. The van der Waals surface area contributed by atoms with Crippen molar-refractivity contribution in [3.8, 4) is 0 Å². The first-order valence-corrected chi connectivity index (χ1v) is 4.97. The van der Waals surface area contributed by atoms with Gasteiger partial charge in [-0.2, -0.15) is 18.3 Å². The SMILES string of the molecule is CC(C)(C)c1[nH]ncc1CC(N)C(F)(F)F. The van der Waals surface area contributed by atoms with Gasteiger partial charge in [0.2, 0.25) is 0 Å². The van der Waals surface area contributed by atoms with Crippen molar-refractivity contribution in [3.05, 3.63) is 17.5 Å². The number of halogens is 3. The highest BCUT2D eigenvalue weighted by Crippen LogP contribution is 2.27. The number of nitrogens with one attached hydrogen (secondary N) is 1. The fourth-order valence-corrected chi connectivity index (χ4v) is 1.47. The van der Waals surface area contributed by atoms with Crippen LogP contribution < -0.4 is 5.73 Å². The van der Waals surface area contributed by atoms with Gasteiger partial charge in [0.05, 0.1) is 6.20 Å². The molecular weight excluding hydrogens is 219 g/mol. The largest absolute Gasteiger partial charge is 0.403 e. The lowest BCUT2D eigenvalue weighted by atomic mass is 9.88. The number of alkyl halides is 3. The Kier molecular flexibility index (Phi) is 3.33. The van der Waals surface area contributed by atoms with E-state index in [2.05, 4.69) is 10.2 Å². The maximum absolute atomic E-state index is 12.3. The van der Waals surface area contributed by atoms with E-state index < -0.39 is 12.2 Å². The molecule has 1 aromatic heterocycles. The van der Waals surface area contributed by atoms with Gasteiger partial charge in [-0.05, 0) is 12.0 Å². The first kappa shape index (κ1) is 13.0. The molecule has 1 heterocycles. The van der Waals surface area contributed by atoms with Crippen LogP contribution in [0.1, 0.15) is 32.0 Å². The lowest BCUT2D eigenvalue weighted by molar-refractivity contribution is -0.147. The van der Waals surface area contributed by atoms with E-state index >= 15 is 0 Å². The summed E-state index contributed by atoms with van der Waals surface area (Å²) in [6.07, 6.45) is -3.20. The fourth-order valence-electron chi connectivity index (χ4n) is 1.47. The number of rotatable bonds is 2. The molecule has 0 radical (unpaired) electrons. The summed E-state index contributed by atoms with van der Waals surface area (Å²) in [6, 6.07) is -1.84. The van der Waals surface area contributed by atoms with Crippen LogP contribution >= 0.6 is 0 Å². The van der Waals surface area contributed by atoms with E-state index in [1.165, 1.54) is 6.20 Å². The van der Waals surface area contributed by atoms with Crippen molar-refractivity contribution in [2.45, 2.75) is 44.8 Å². The second-order valence-corrected chi connectivity index (χ2v) is 4.87. The van der Waals surface area contributed by atoms with Gasteiger partial charge < -0.3 is 5.73 Å². The molecule has 0 saturated heterocycles. The molecule has 6 heteroatoms. The molecule has 1 atom stereocenters. The Balaban J connectivity index is 2.87. The number of H-pyrrole nitrogens is 1. The molecule has 0 bridgehead atoms. The molecule has 3 N–H and O–H groups in total. The highest BCUT2D eigenvalue weighted by Gasteiger charge is 2.37. The average Bonchev–Trinajstić information content (AvgIpc) is 2.49. The lowest BCUT2D eigenvalue weighted by Gasteiger charge is -2.20. The first-order valence-electron chi connectivity index (χ1n) is 4.97. The zero-order chi connectivity index (χ0) is 12.6. The molecule has 1 aromatic rings. The molecular formula is C10H16F3N3. The molecule has 16 heavy (non-hydrogen) atoms. The average molecular weight is 235 g/mol. The Labute approximate surface area is 92.2 Å². The van der Waals surface area contributed by atoms with Gasteiger partial charge >= 0.3 is 6.18 Å². The van der Waals surface area contributed by atoms with Gasteiger partial charge in [-0.1, -0.05) is 20.8 Å². The van der Waals surface area contributed by atoms with Crippen LogP contribution in [-0.2, 0) is 11.8 Å². The lowest BCUT2D eigenvalue weighted by Crippen LogP contribution is -2.39. The number of nitrogens with zero attached hydrogens (tertiary/aromatic N) is 1. The fraction of sp³-hybridized carbons (Fsp3) is 0.700. The summed E-state index contributed by atoms with van der Waals surface area (Å²) in [5.74, 6) is 0. The van der Waals surface area contributed by atoms with E-state index in [1.807, 2.05) is 20.8 Å². The van der Waals surface area contributed by atoms with Crippen LogP contribution in [0.3, 0.4) is 0 Å². The summed E-state index contributed by atoms with van der Waals surface area (Å²) in [7, 11) is 0. The summed E-state index contributed by atoms with van der Waals surface area (Å²) < 4.78 is 36.9. The smallest absolute Gasteiger partial charge is 0.320 e. The van der Waals surface area contributed by atoms with Crippen LogP contribution in [0.25, 0.3) is 0 Å².